The molecule has 0 bridgehead atoms. The van der Waals surface area contributed by atoms with Crippen LogP contribution in [0.5, 0.6) is 0 Å². The SMILES string of the molecule is Cc1cccn2c3c(nc12)-c1cnncc1C(=O)C3=O. The summed E-state index contributed by atoms with van der Waals surface area (Å²) in [7, 11) is 0. The first-order valence-electron chi connectivity index (χ1n) is 6.06. The van der Waals surface area contributed by atoms with Crippen molar-refractivity contribution in [3.05, 3.63) is 47.5 Å². The van der Waals surface area contributed by atoms with E-state index in [1.807, 2.05) is 19.1 Å². The molecule has 3 heterocycles. The van der Waals surface area contributed by atoms with Gasteiger partial charge in [0.05, 0.1) is 18.0 Å². The Bertz CT molecular complexity index is 911. The zero-order valence-corrected chi connectivity index (χ0v) is 10.5. The molecule has 0 atom stereocenters. The fourth-order valence-electron chi connectivity index (χ4n) is 2.53. The van der Waals surface area contributed by atoms with Crippen molar-refractivity contribution < 1.29 is 9.59 Å². The van der Waals surface area contributed by atoms with Crippen LogP contribution in [-0.2, 0) is 0 Å². The second-order valence-electron chi connectivity index (χ2n) is 4.67. The number of ketones is 2. The van der Waals surface area contributed by atoms with Crippen molar-refractivity contribution in [3.8, 4) is 11.3 Å². The predicted molar refractivity (Wildman–Crippen MR) is 69.6 cm³/mol. The van der Waals surface area contributed by atoms with Crippen LogP contribution in [0.15, 0.2) is 30.7 Å². The minimum atomic E-state index is -0.564. The average Bonchev–Trinajstić information content (AvgIpc) is 2.86. The van der Waals surface area contributed by atoms with Crippen LogP contribution in [0.3, 0.4) is 0 Å². The number of carbonyl (C=O) groups excluding carboxylic acids is 2. The second kappa shape index (κ2) is 3.57. The highest BCUT2D eigenvalue weighted by Crippen LogP contribution is 2.32. The number of carbonyl (C=O) groups is 2. The molecule has 6 nitrogen and oxygen atoms in total. The molecule has 3 aromatic heterocycles. The van der Waals surface area contributed by atoms with Gasteiger partial charge in [0.2, 0.25) is 5.78 Å². The maximum atomic E-state index is 12.3. The van der Waals surface area contributed by atoms with E-state index in [0.29, 0.717) is 22.6 Å². The van der Waals surface area contributed by atoms with Gasteiger partial charge in [0.25, 0.3) is 5.78 Å². The third-order valence-electron chi connectivity index (χ3n) is 3.50. The van der Waals surface area contributed by atoms with Gasteiger partial charge in [0.1, 0.15) is 17.0 Å². The largest absolute Gasteiger partial charge is 0.296 e. The van der Waals surface area contributed by atoms with E-state index < -0.39 is 11.6 Å². The van der Waals surface area contributed by atoms with Crippen molar-refractivity contribution in [1.29, 1.82) is 0 Å². The lowest BCUT2D eigenvalue weighted by molar-refractivity contribution is 0.0811. The molecule has 0 radical (unpaired) electrons. The predicted octanol–water partition coefficient (Wildman–Crippen LogP) is 1.48. The van der Waals surface area contributed by atoms with E-state index in [-0.39, 0.29) is 5.56 Å². The van der Waals surface area contributed by atoms with Crippen molar-refractivity contribution >= 4 is 17.2 Å². The monoisotopic (exact) mass is 264 g/mol. The summed E-state index contributed by atoms with van der Waals surface area (Å²) in [5.74, 6) is -1.12. The number of rotatable bonds is 0. The molecule has 0 aliphatic heterocycles. The van der Waals surface area contributed by atoms with Crippen molar-refractivity contribution in [2.24, 2.45) is 0 Å². The molecule has 20 heavy (non-hydrogen) atoms. The minimum absolute atomic E-state index is 0.263. The second-order valence-corrected chi connectivity index (χ2v) is 4.67. The molecule has 1 aliphatic carbocycles. The molecule has 1 aliphatic rings. The summed E-state index contributed by atoms with van der Waals surface area (Å²) in [4.78, 5) is 29.0. The van der Waals surface area contributed by atoms with Gasteiger partial charge in [0, 0.05) is 11.8 Å². The quantitative estimate of drug-likeness (QED) is 0.575. The summed E-state index contributed by atoms with van der Waals surface area (Å²) in [6.07, 6.45) is 4.52. The van der Waals surface area contributed by atoms with Gasteiger partial charge in [-0.25, -0.2) is 4.98 Å². The van der Waals surface area contributed by atoms with Crippen LogP contribution in [0.2, 0.25) is 0 Å². The first kappa shape index (κ1) is 11.0. The summed E-state index contributed by atoms with van der Waals surface area (Å²) in [6.45, 7) is 1.91. The lowest BCUT2D eigenvalue weighted by Crippen LogP contribution is -2.23. The molecule has 96 valence electrons. The fraction of sp³-hybridized carbons (Fsp3) is 0.0714. The highest BCUT2D eigenvalue weighted by molar-refractivity contribution is 6.52. The molecular formula is C14H8N4O2. The first-order chi connectivity index (χ1) is 9.68. The van der Waals surface area contributed by atoms with Crippen molar-refractivity contribution in [3.63, 3.8) is 0 Å². The van der Waals surface area contributed by atoms with Gasteiger partial charge in [-0.2, -0.15) is 10.2 Å². The smallest absolute Gasteiger partial charge is 0.252 e. The Morgan fingerprint density at radius 3 is 2.60 bits per heavy atom. The summed E-state index contributed by atoms with van der Waals surface area (Å²) in [5, 5.41) is 7.46. The third kappa shape index (κ3) is 1.20. The minimum Gasteiger partial charge on any atom is -0.296 e. The molecule has 0 aromatic carbocycles. The fourth-order valence-corrected chi connectivity index (χ4v) is 2.53. The normalized spacial score (nSPS) is 13.4. The van der Waals surface area contributed by atoms with E-state index in [1.165, 1.54) is 12.4 Å². The van der Waals surface area contributed by atoms with Crippen LogP contribution in [0.1, 0.15) is 26.4 Å². The molecule has 6 heteroatoms. The molecule has 0 saturated carbocycles. The Kier molecular flexibility index (Phi) is 1.96. The molecule has 0 unspecified atom stereocenters. The first-order valence-corrected chi connectivity index (χ1v) is 6.06. The maximum absolute atomic E-state index is 12.3. The Morgan fingerprint density at radius 2 is 1.80 bits per heavy atom. The van der Waals surface area contributed by atoms with E-state index >= 15 is 0 Å². The number of imidazole rings is 1. The zero-order chi connectivity index (χ0) is 13.9. The Labute approximate surface area is 113 Å². The summed E-state index contributed by atoms with van der Waals surface area (Å²) in [6, 6.07) is 3.73. The van der Waals surface area contributed by atoms with Gasteiger partial charge < -0.3 is 0 Å². The van der Waals surface area contributed by atoms with Crippen LogP contribution >= 0.6 is 0 Å². The number of pyridine rings is 1. The van der Waals surface area contributed by atoms with Gasteiger partial charge in [-0.15, -0.1) is 0 Å². The number of fused-ring (bicyclic) bond motifs is 5. The topological polar surface area (TPSA) is 77.2 Å². The standard InChI is InChI=1S/C14H8N4O2/c1-7-3-2-4-18-11-10(17-14(7)18)8-5-15-16-6-9(8)12(19)13(11)20/h2-6H,1H3. The van der Waals surface area contributed by atoms with E-state index in [4.69, 9.17) is 0 Å². The number of hydrogen-bond acceptors (Lipinski definition) is 5. The highest BCUT2D eigenvalue weighted by atomic mass is 16.2. The third-order valence-corrected chi connectivity index (χ3v) is 3.50. The Hall–Kier alpha value is -2.89. The Morgan fingerprint density at radius 1 is 1.05 bits per heavy atom. The molecule has 0 fully saturated rings. The number of aryl methyl sites for hydroxylation is 1. The highest BCUT2D eigenvalue weighted by Gasteiger charge is 2.35. The lowest BCUT2D eigenvalue weighted by atomic mass is 9.93. The van der Waals surface area contributed by atoms with E-state index in [0.717, 1.165) is 5.56 Å². The number of Topliss-reactive ketones (excluding diaryl/α,β-unsaturated/α-hetero) is 2. The lowest BCUT2D eigenvalue weighted by Gasteiger charge is -2.12. The van der Waals surface area contributed by atoms with Crippen LogP contribution < -0.4 is 0 Å². The molecule has 3 aromatic rings. The van der Waals surface area contributed by atoms with E-state index in [2.05, 4.69) is 15.2 Å². The number of nitrogens with zero attached hydrogens (tertiary/aromatic N) is 4. The summed E-state index contributed by atoms with van der Waals surface area (Å²) < 4.78 is 1.66. The average molecular weight is 264 g/mol. The molecule has 0 amide bonds. The summed E-state index contributed by atoms with van der Waals surface area (Å²) in [5.41, 5.74) is 3.22. The molecular weight excluding hydrogens is 256 g/mol. The molecule has 0 spiro atoms. The Balaban J connectivity index is 2.21. The van der Waals surface area contributed by atoms with E-state index in [1.54, 1.807) is 10.6 Å². The van der Waals surface area contributed by atoms with Gasteiger partial charge in [-0.3, -0.25) is 14.0 Å². The number of aromatic nitrogens is 4. The van der Waals surface area contributed by atoms with Gasteiger partial charge in [0.15, 0.2) is 0 Å². The van der Waals surface area contributed by atoms with Crippen molar-refractivity contribution in [2.75, 3.05) is 0 Å². The van der Waals surface area contributed by atoms with Crippen molar-refractivity contribution in [1.82, 2.24) is 19.6 Å². The van der Waals surface area contributed by atoms with Crippen molar-refractivity contribution in [2.45, 2.75) is 6.92 Å². The summed E-state index contributed by atoms with van der Waals surface area (Å²) >= 11 is 0. The molecule has 4 rings (SSSR count). The van der Waals surface area contributed by atoms with Gasteiger partial charge >= 0.3 is 0 Å². The molecule has 0 saturated heterocycles. The van der Waals surface area contributed by atoms with Crippen LogP contribution in [-0.4, -0.2) is 31.1 Å². The van der Waals surface area contributed by atoms with E-state index in [9.17, 15) is 9.59 Å². The zero-order valence-electron chi connectivity index (χ0n) is 10.5. The van der Waals surface area contributed by atoms with Crippen LogP contribution in [0.4, 0.5) is 0 Å². The molecule has 0 N–H and O–H groups in total. The van der Waals surface area contributed by atoms with Crippen LogP contribution in [0, 0.1) is 6.92 Å². The van der Waals surface area contributed by atoms with Crippen LogP contribution in [0.25, 0.3) is 16.9 Å². The van der Waals surface area contributed by atoms with Gasteiger partial charge in [-0.05, 0) is 18.6 Å². The van der Waals surface area contributed by atoms with Gasteiger partial charge in [-0.1, -0.05) is 6.07 Å². The number of hydrogen-bond donors (Lipinski definition) is 0. The maximum Gasteiger partial charge on any atom is 0.252 e.